The molecular weight excluding hydrogens is 465 g/mol. The van der Waals surface area contributed by atoms with E-state index in [9.17, 15) is 23.3 Å². The first-order valence-corrected chi connectivity index (χ1v) is 9.47. The topological polar surface area (TPSA) is 72.5 Å². The lowest BCUT2D eigenvalue weighted by Crippen LogP contribution is -2.06. The Labute approximate surface area is 178 Å². The van der Waals surface area contributed by atoms with E-state index in [2.05, 4.69) is 26.5 Å². The lowest BCUT2D eigenvalue weighted by Gasteiger charge is -2.11. The Morgan fingerprint density at radius 2 is 1.87 bits per heavy atom. The number of halogens is 4. The van der Waals surface area contributed by atoms with Crippen molar-refractivity contribution in [3.8, 4) is 5.69 Å². The SMILES string of the molecule is Cc1cc(/C=N\Nc2ccc(C(F)(F)F)cc2[N+](=O)[O-])c(C)n1-c1ccccc1Br. The number of rotatable bonds is 5. The molecule has 3 rings (SSSR count). The minimum atomic E-state index is -4.67. The monoisotopic (exact) mass is 480 g/mol. The van der Waals surface area contributed by atoms with Crippen LogP contribution in [0.4, 0.5) is 24.5 Å². The van der Waals surface area contributed by atoms with Crippen LogP contribution >= 0.6 is 15.9 Å². The summed E-state index contributed by atoms with van der Waals surface area (Å²) in [6, 6.07) is 11.8. The van der Waals surface area contributed by atoms with Crippen LogP contribution in [0.3, 0.4) is 0 Å². The normalized spacial score (nSPS) is 11.8. The number of alkyl halides is 3. The van der Waals surface area contributed by atoms with Crippen LogP contribution in [-0.4, -0.2) is 15.7 Å². The van der Waals surface area contributed by atoms with Gasteiger partial charge in [-0.25, -0.2) is 0 Å². The van der Waals surface area contributed by atoms with E-state index in [1.807, 2.05) is 48.7 Å². The van der Waals surface area contributed by atoms with Crippen LogP contribution in [-0.2, 0) is 6.18 Å². The molecule has 1 N–H and O–H groups in total. The molecule has 0 saturated carbocycles. The predicted molar refractivity (Wildman–Crippen MR) is 112 cm³/mol. The van der Waals surface area contributed by atoms with E-state index in [0.717, 1.165) is 39.2 Å². The number of nitrogens with one attached hydrogen (secondary N) is 1. The van der Waals surface area contributed by atoms with Crippen molar-refractivity contribution in [2.45, 2.75) is 20.0 Å². The van der Waals surface area contributed by atoms with Gasteiger partial charge in [0, 0.05) is 27.5 Å². The van der Waals surface area contributed by atoms with E-state index < -0.39 is 22.4 Å². The Balaban J connectivity index is 1.89. The molecule has 0 aliphatic carbocycles. The smallest absolute Gasteiger partial charge is 0.317 e. The molecule has 0 unspecified atom stereocenters. The molecule has 1 aromatic heterocycles. The number of hydrazone groups is 1. The van der Waals surface area contributed by atoms with Crippen molar-refractivity contribution in [3.63, 3.8) is 0 Å². The van der Waals surface area contributed by atoms with E-state index in [0.29, 0.717) is 6.07 Å². The van der Waals surface area contributed by atoms with Crippen molar-refractivity contribution in [1.82, 2.24) is 4.57 Å². The van der Waals surface area contributed by atoms with Gasteiger partial charge in [0.1, 0.15) is 5.69 Å². The van der Waals surface area contributed by atoms with Crippen molar-refractivity contribution in [3.05, 3.63) is 85.6 Å². The number of anilines is 1. The number of hydrogen-bond donors (Lipinski definition) is 1. The minimum Gasteiger partial charge on any atom is -0.317 e. The lowest BCUT2D eigenvalue weighted by molar-refractivity contribution is -0.384. The molecule has 0 fully saturated rings. The minimum absolute atomic E-state index is 0.135. The largest absolute Gasteiger partial charge is 0.416 e. The van der Waals surface area contributed by atoms with Gasteiger partial charge in [-0.1, -0.05) is 12.1 Å². The molecule has 1 heterocycles. The third-order valence-corrected chi connectivity index (χ3v) is 5.14. The maximum Gasteiger partial charge on any atom is 0.416 e. The van der Waals surface area contributed by atoms with Crippen molar-refractivity contribution < 1.29 is 18.1 Å². The van der Waals surface area contributed by atoms with Gasteiger partial charge in [-0.3, -0.25) is 15.5 Å². The molecule has 0 saturated heterocycles. The average Bonchev–Trinajstić information content (AvgIpc) is 2.95. The summed E-state index contributed by atoms with van der Waals surface area (Å²) in [5.74, 6) is 0. The number of nitrogens with zero attached hydrogens (tertiary/aromatic N) is 3. The van der Waals surface area contributed by atoms with Gasteiger partial charge in [-0.05, 0) is 60.1 Å². The molecule has 2 aromatic carbocycles. The highest BCUT2D eigenvalue weighted by Crippen LogP contribution is 2.35. The zero-order valence-corrected chi connectivity index (χ0v) is 17.5. The van der Waals surface area contributed by atoms with Crippen LogP contribution in [0.15, 0.2) is 58.1 Å². The third kappa shape index (κ3) is 4.38. The molecule has 156 valence electrons. The number of para-hydroxylation sites is 1. The summed E-state index contributed by atoms with van der Waals surface area (Å²) >= 11 is 3.52. The number of hydrogen-bond acceptors (Lipinski definition) is 4. The summed E-state index contributed by atoms with van der Waals surface area (Å²) in [4.78, 5) is 10.3. The van der Waals surface area contributed by atoms with E-state index in [4.69, 9.17) is 0 Å². The summed E-state index contributed by atoms with van der Waals surface area (Å²) in [6.07, 6.45) is -3.20. The zero-order chi connectivity index (χ0) is 22.1. The molecule has 0 spiro atoms. The fourth-order valence-corrected chi connectivity index (χ4v) is 3.51. The third-order valence-electron chi connectivity index (χ3n) is 4.47. The first-order chi connectivity index (χ1) is 14.1. The summed E-state index contributed by atoms with van der Waals surface area (Å²) in [5.41, 5.74) is 4.06. The van der Waals surface area contributed by atoms with E-state index in [1.54, 1.807) is 0 Å². The van der Waals surface area contributed by atoms with Crippen molar-refractivity contribution in [2.75, 3.05) is 5.43 Å². The number of benzene rings is 2. The summed E-state index contributed by atoms with van der Waals surface area (Å²) in [6.45, 7) is 3.83. The number of aromatic nitrogens is 1. The molecule has 0 aliphatic rings. The van der Waals surface area contributed by atoms with E-state index in [-0.39, 0.29) is 5.69 Å². The molecule has 10 heteroatoms. The van der Waals surface area contributed by atoms with Crippen molar-refractivity contribution >= 4 is 33.5 Å². The molecule has 0 atom stereocenters. The Bertz CT molecular complexity index is 1140. The predicted octanol–water partition coefficient (Wildman–Crippen LogP) is 6.23. The van der Waals surface area contributed by atoms with Crippen LogP contribution in [0.5, 0.6) is 0 Å². The first-order valence-electron chi connectivity index (χ1n) is 8.68. The zero-order valence-electron chi connectivity index (χ0n) is 15.9. The van der Waals surface area contributed by atoms with Crippen LogP contribution in [0.2, 0.25) is 0 Å². The maximum atomic E-state index is 12.8. The standard InChI is InChI=1S/C20H16BrF3N4O2/c1-12-9-14(13(2)27(12)18-6-4-3-5-16(18)21)11-25-26-17-8-7-15(20(22,23)24)10-19(17)28(29)30/h3-11,26H,1-2H3/b25-11-. The molecule has 0 radical (unpaired) electrons. The highest BCUT2D eigenvalue weighted by Gasteiger charge is 2.33. The van der Waals surface area contributed by atoms with Crippen LogP contribution in [0.25, 0.3) is 5.69 Å². The lowest BCUT2D eigenvalue weighted by atomic mass is 10.1. The van der Waals surface area contributed by atoms with Gasteiger partial charge in [0.25, 0.3) is 5.69 Å². The molecule has 3 aromatic rings. The van der Waals surface area contributed by atoms with Gasteiger partial charge in [-0.15, -0.1) is 0 Å². The molecular formula is C20H16BrF3N4O2. The Morgan fingerprint density at radius 1 is 1.17 bits per heavy atom. The van der Waals surface area contributed by atoms with Gasteiger partial charge in [0.05, 0.1) is 22.4 Å². The molecule has 30 heavy (non-hydrogen) atoms. The number of nitro benzene ring substituents is 1. The molecule has 6 nitrogen and oxygen atoms in total. The molecule has 0 bridgehead atoms. The number of nitro groups is 1. The van der Waals surface area contributed by atoms with Gasteiger partial charge in [-0.2, -0.15) is 18.3 Å². The second kappa shape index (κ2) is 8.31. The highest BCUT2D eigenvalue weighted by molar-refractivity contribution is 9.10. The van der Waals surface area contributed by atoms with E-state index >= 15 is 0 Å². The van der Waals surface area contributed by atoms with Crippen LogP contribution in [0.1, 0.15) is 22.5 Å². The summed E-state index contributed by atoms with van der Waals surface area (Å²) < 4.78 is 41.4. The maximum absolute atomic E-state index is 12.8. The summed E-state index contributed by atoms with van der Waals surface area (Å²) in [7, 11) is 0. The molecule has 0 amide bonds. The summed E-state index contributed by atoms with van der Waals surface area (Å²) in [5, 5.41) is 15.2. The second-order valence-corrected chi connectivity index (χ2v) is 7.32. The second-order valence-electron chi connectivity index (χ2n) is 6.47. The molecule has 0 aliphatic heterocycles. The Kier molecular flexibility index (Phi) is 5.97. The fourth-order valence-electron chi connectivity index (χ4n) is 3.05. The van der Waals surface area contributed by atoms with Gasteiger partial charge < -0.3 is 4.57 Å². The Hall–Kier alpha value is -3.14. The quantitative estimate of drug-likeness (QED) is 0.267. The highest BCUT2D eigenvalue weighted by atomic mass is 79.9. The number of aryl methyl sites for hydroxylation is 1. The average molecular weight is 481 g/mol. The first kappa shape index (κ1) is 21.6. The van der Waals surface area contributed by atoms with Crippen molar-refractivity contribution in [1.29, 1.82) is 0 Å². The van der Waals surface area contributed by atoms with Crippen LogP contribution < -0.4 is 5.43 Å². The Morgan fingerprint density at radius 3 is 2.50 bits per heavy atom. The van der Waals surface area contributed by atoms with Gasteiger partial charge >= 0.3 is 6.18 Å². The van der Waals surface area contributed by atoms with Gasteiger partial charge in [0.2, 0.25) is 0 Å². The van der Waals surface area contributed by atoms with E-state index in [1.165, 1.54) is 6.21 Å². The van der Waals surface area contributed by atoms with Crippen molar-refractivity contribution in [2.24, 2.45) is 5.10 Å². The van der Waals surface area contributed by atoms with Gasteiger partial charge in [0.15, 0.2) is 0 Å². The van der Waals surface area contributed by atoms with Crippen LogP contribution in [0, 0.1) is 24.0 Å². The fraction of sp³-hybridized carbons (Fsp3) is 0.150.